The number of para-hydroxylation sites is 2. The highest BCUT2D eigenvalue weighted by atomic mass is 16.6. The quantitative estimate of drug-likeness (QED) is 0.117. The van der Waals surface area contributed by atoms with Crippen LogP contribution in [0, 0.1) is 0 Å². The fraction of sp³-hybridized carbons (Fsp3) is 0.294. The summed E-state index contributed by atoms with van der Waals surface area (Å²) in [7, 11) is 0. The highest BCUT2D eigenvalue weighted by Crippen LogP contribution is 2.29. The number of phenols is 2. The van der Waals surface area contributed by atoms with Crippen LogP contribution in [-0.4, -0.2) is 85.3 Å². The molecular formula is C34H38N4O6. The smallest absolute Gasteiger partial charge is 0.166 e. The van der Waals surface area contributed by atoms with E-state index < -0.39 is 0 Å². The molecule has 0 saturated carbocycles. The van der Waals surface area contributed by atoms with Gasteiger partial charge in [-0.1, -0.05) is 24.3 Å². The second-order valence-electron chi connectivity index (χ2n) is 9.52. The first kappa shape index (κ1) is 32.1. The fourth-order valence-corrected chi connectivity index (χ4v) is 4.04. The Bertz CT molecular complexity index is 1340. The summed E-state index contributed by atoms with van der Waals surface area (Å²) in [5.41, 5.74) is 3.12. The maximum atomic E-state index is 10.5. The van der Waals surface area contributed by atoms with Gasteiger partial charge in [0.15, 0.2) is 23.0 Å². The Morgan fingerprint density at radius 2 is 1.00 bits per heavy atom. The normalized spacial score (nSPS) is 11.4. The van der Waals surface area contributed by atoms with E-state index in [4.69, 9.17) is 18.9 Å². The SMILES string of the molecule is Oc1c(C=NCCc2ccccn2)cccc1OCCOCCOCCOc1cccc(C=NCCc2ccccn2)c1O. The maximum absolute atomic E-state index is 10.5. The molecule has 0 aliphatic heterocycles. The van der Waals surface area contributed by atoms with Crippen LogP contribution in [0.15, 0.2) is 95.2 Å². The van der Waals surface area contributed by atoms with Crippen LogP contribution in [-0.2, 0) is 22.3 Å². The Balaban J connectivity index is 1.05. The van der Waals surface area contributed by atoms with Crippen LogP contribution in [0.5, 0.6) is 23.0 Å². The van der Waals surface area contributed by atoms with Gasteiger partial charge < -0.3 is 29.2 Å². The van der Waals surface area contributed by atoms with Gasteiger partial charge in [-0.05, 0) is 48.5 Å². The van der Waals surface area contributed by atoms with Crippen molar-refractivity contribution < 1.29 is 29.2 Å². The van der Waals surface area contributed by atoms with Gasteiger partial charge in [-0.15, -0.1) is 0 Å². The van der Waals surface area contributed by atoms with Crippen molar-refractivity contribution in [3.63, 3.8) is 0 Å². The Hall–Kier alpha value is -4.80. The lowest BCUT2D eigenvalue weighted by atomic mass is 10.2. The first-order valence-electron chi connectivity index (χ1n) is 14.5. The number of aromatic hydroxyl groups is 2. The number of hydrogen-bond acceptors (Lipinski definition) is 10. The van der Waals surface area contributed by atoms with Gasteiger partial charge in [-0.2, -0.15) is 0 Å². The van der Waals surface area contributed by atoms with E-state index in [2.05, 4.69) is 20.0 Å². The van der Waals surface area contributed by atoms with Crippen LogP contribution >= 0.6 is 0 Å². The highest BCUT2D eigenvalue weighted by Gasteiger charge is 2.08. The molecule has 0 spiro atoms. The largest absolute Gasteiger partial charge is 0.504 e. The molecule has 0 aliphatic carbocycles. The lowest BCUT2D eigenvalue weighted by molar-refractivity contribution is 0.0269. The lowest BCUT2D eigenvalue weighted by Crippen LogP contribution is -2.13. The lowest BCUT2D eigenvalue weighted by Gasteiger charge is -2.11. The molecule has 4 rings (SSSR count). The van der Waals surface area contributed by atoms with Crippen molar-refractivity contribution in [2.45, 2.75) is 12.8 Å². The molecule has 230 valence electrons. The van der Waals surface area contributed by atoms with Crippen molar-refractivity contribution in [2.75, 3.05) is 52.7 Å². The average molecular weight is 599 g/mol. The van der Waals surface area contributed by atoms with Gasteiger partial charge >= 0.3 is 0 Å². The van der Waals surface area contributed by atoms with Crippen molar-refractivity contribution in [3.8, 4) is 23.0 Å². The number of nitrogens with zero attached hydrogens (tertiary/aromatic N) is 4. The summed E-state index contributed by atoms with van der Waals surface area (Å²) in [5, 5.41) is 21.0. The molecule has 0 saturated heterocycles. The van der Waals surface area contributed by atoms with Crippen molar-refractivity contribution in [1.29, 1.82) is 0 Å². The number of pyridine rings is 2. The highest BCUT2D eigenvalue weighted by molar-refractivity contribution is 5.85. The van der Waals surface area contributed by atoms with E-state index >= 15 is 0 Å². The molecule has 2 N–H and O–H groups in total. The van der Waals surface area contributed by atoms with Gasteiger partial charge in [0.05, 0.1) is 26.4 Å². The topological polar surface area (TPSA) is 128 Å². The minimum absolute atomic E-state index is 0.0434. The molecule has 0 fully saturated rings. The van der Waals surface area contributed by atoms with Gasteiger partial charge in [0.1, 0.15) is 13.2 Å². The summed E-state index contributed by atoms with van der Waals surface area (Å²) in [6.45, 7) is 3.14. The molecule has 0 atom stereocenters. The summed E-state index contributed by atoms with van der Waals surface area (Å²) >= 11 is 0. The molecule has 0 amide bonds. The van der Waals surface area contributed by atoms with Crippen LogP contribution in [0.1, 0.15) is 22.5 Å². The van der Waals surface area contributed by atoms with Crippen molar-refractivity contribution in [1.82, 2.24) is 9.97 Å². The van der Waals surface area contributed by atoms with E-state index in [0.29, 0.717) is 62.1 Å². The third-order valence-corrected chi connectivity index (χ3v) is 6.31. The van der Waals surface area contributed by atoms with Crippen LogP contribution in [0.3, 0.4) is 0 Å². The average Bonchev–Trinajstić information content (AvgIpc) is 3.06. The third-order valence-electron chi connectivity index (χ3n) is 6.31. The van der Waals surface area contributed by atoms with Gasteiger partial charge in [-0.25, -0.2) is 0 Å². The molecule has 10 nitrogen and oxygen atoms in total. The molecule has 0 bridgehead atoms. The number of benzene rings is 2. The Morgan fingerprint density at radius 1 is 0.545 bits per heavy atom. The number of rotatable bonds is 19. The van der Waals surface area contributed by atoms with E-state index in [9.17, 15) is 10.2 Å². The monoisotopic (exact) mass is 598 g/mol. The van der Waals surface area contributed by atoms with Crippen molar-refractivity contribution >= 4 is 12.4 Å². The van der Waals surface area contributed by atoms with Crippen LogP contribution in [0.2, 0.25) is 0 Å². The summed E-state index contributed by atoms with van der Waals surface area (Å²) in [6.07, 6.45) is 8.26. The fourth-order valence-electron chi connectivity index (χ4n) is 4.04. The van der Waals surface area contributed by atoms with E-state index in [-0.39, 0.29) is 24.7 Å². The summed E-state index contributed by atoms with van der Waals surface area (Å²) in [5.74, 6) is 0.835. The second kappa shape index (κ2) is 18.7. The summed E-state index contributed by atoms with van der Waals surface area (Å²) in [6, 6.07) is 22.2. The van der Waals surface area contributed by atoms with Crippen LogP contribution < -0.4 is 9.47 Å². The predicted molar refractivity (Wildman–Crippen MR) is 170 cm³/mol. The number of ether oxygens (including phenoxy) is 4. The van der Waals surface area contributed by atoms with E-state index in [0.717, 1.165) is 24.2 Å². The van der Waals surface area contributed by atoms with Crippen molar-refractivity contribution in [3.05, 3.63) is 108 Å². The van der Waals surface area contributed by atoms with Gasteiger partial charge in [-0.3, -0.25) is 20.0 Å². The van der Waals surface area contributed by atoms with Crippen molar-refractivity contribution in [2.24, 2.45) is 9.98 Å². The first-order valence-corrected chi connectivity index (χ1v) is 14.5. The predicted octanol–water partition coefficient (Wildman–Crippen LogP) is 4.70. The molecule has 2 heterocycles. The molecule has 0 unspecified atom stereocenters. The number of hydrogen-bond donors (Lipinski definition) is 2. The zero-order valence-electron chi connectivity index (χ0n) is 24.6. The number of phenolic OH excluding ortho intramolecular Hbond substituents is 2. The number of aliphatic imine (C=N–C) groups is 2. The zero-order chi connectivity index (χ0) is 30.7. The van der Waals surface area contributed by atoms with Gasteiger partial charge in [0.2, 0.25) is 0 Å². The second-order valence-corrected chi connectivity index (χ2v) is 9.52. The Morgan fingerprint density at radius 3 is 1.43 bits per heavy atom. The van der Waals surface area contributed by atoms with Crippen LogP contribution in [0.4, 0.5) is 0 Å². The third kappa shape index (κ3) is 11.1. The van der Waals surface area contributed by atoms with Gasteiger partial charge in [0.25, 0.3) is 0 Å². The molecule has 2 aromatic heterocycles. The zero-order valence-corrected chi connectivity index (χ0v) is 24.6. The van der Waals surface area contributed by atoms with E-state index in [1.165, 1.54) is 0 Å². The van der Waals surface area contributed by atoms with Gasteiger partial charge in [0, 0.05) is 73.3 Å². The molecule has 0 radical (unpaired) electrons. The van der Waals surface area contributed by atoms with E-state index in [1.54, 1.807) is 61.2 Å². The summed E-state index contributed by atoms with van der Waals surface area (Å²) < 4.78 is 22.5. The van der Waals surface area contributed by atoms with Crippen LogP contribution in [0.25, 0.3) is 0 Å². The molecule has 10 heteroatoms. The number of aromatic nitrogens is 2. The maximum Gasteiger partial charge on any atom is 0.166 e. The standard InChI is InChI=1S/C34H38N4O6/c39-33-27(25-35-17-13-29-9-1-3-15-37-29)7-5-11-31(33)43-23-21-41-19-20-42-22-24-44-32-12-6-8-28(34(32)40)26-36-18-14-30-10-2-4-16-38-30/h1-12,15-16,25-26,39-40H,13-14,17-24H2. The molecule has 44 heavy (non-hydrogen) atoms. The van der Waals surface area contributed by atoms with E-state index in [1.807, 2.05) is 36.4 Å². The molecule has 0 aliphatic rings. The molecule has 2 aromatic carbocycles. The molecule has 4 aromatic rings. The minimum atomic E-state index is 0.0434. The Labute approximate surface area is 257 Å². The Kier molecular flexibility index (Phi) is 13.6. The summed E-state index contributed by atoms with van der Waals surface area (Å²) in [4.78, 5) is 17.3. The molecular weight excluding hydrogens is 560 g/mol. The minimum Gasteiger partial charge on any atom is -0.504 e. The first-order chi connectivity index (χ1) is 21.7.